The molecule has 0 spiro atoms. The van der Waals surface area contributed by atoms with Crippen LogP contribution in [-0.2, 0) is 9.53 Å². The van der Waals surface area contributed by atoms with Gasteiger partial charge in [-0.3, -0.25) is 0 Å². The first-order valence-electron chi connectivity index (χ1n) is 4.82. The number of aryl methyl sites for hydroxylation is 1. The molecule has 1 heterocycles. The number of esters is 1. The summed E-state index contributed by atoms with van der Waals surface area (Å²) in [6.45, 7) is 3.80. The number of nitrogens with one attached hydrogen (secondary N) is 1. The number of carbonyl (C=O) groups excluding carboxylic acids is 1. The molecule has 0 aliphatic rings. The van der Waals surface area contributed by atoms with Gasteiger partial charge in [0, 0.05) is 11.8 Å². The number of ether oxygens (including phenoxy) is 1. The molecule has 1 aromatic rings. The van der Waals surface area contributed by atoms with Gasteiger partial charge in [-0.05, 0) is 31.6 Å². The predicted octanol–water partition coefficient (Wildman–Crippen LogP) is 1.60. The molecule has 5 heteroatoms. The lowest BCUT2D eigenvalue weighted by Gasteiger charge is -1.97. The molecule has 0 atom stereocenters. The minimum absolute atomic E-state index is 0.303. The normalized spacial score (nSPS) is 10.6. The Morgan fingerprint density at radius 3 is 2.81 bits per heavy atom. The maximum absolute atomic E-state index is 11.4. The predicted molar refractivity (Wildman–Crippen MR) is 58.2 cm³/mol. The summed E-state index contributed by atoms with van der Waals surface area (Å²) in [5, 5.41) is 8.47. The van der Waals surface area contributed by atoms with E-state index < -0.39 is 11.9 Å². The van der Waals surface area contributed by atoms with Crippen LogP contribution in [0.2, 0.25) is 0 Å². The van der Waals surface area contributed by atoms with Crippen LogP contribution in [0, 0.1) is 6.92 Å². The largest absolute Gasteiger partial charge is 0.478 e. The summed E-state index contributed by atoms with van der Waals surface area (Å²) in [7, 11) is 0. The van der Waals surface area contributed by atoms with Crippen LogP contribution in [-0.4, -0.2) is 28.6 Å². The van der Waals surface area contributed by atoms with Crippen molar-refractivity contribution >= 4 is 18.0 Å². The first kappa shape index (κ1) is 12.0. The third-order valence-corrected chi connectivity index (χ3v) is 1.94. The highest BCUT2D eigenvalue weighted by Crippen LogP contribution is 2.12. The molecule has 1 aromatic heterocycles. The Labute approximate surface area is 92.7 Å². The lowest BCUT2D eigenvalue weighted by atomic mass is 10.2. The average molecular weight is 223 g/mol. The summed E-state index contributed by atoms with van der Waals surface area (Å²) in [5.74, 6) is -1.48. The van der Waals surface area contributed by atoms with Crippen molar-refractivity contribution in [3.63, 3.8) is 0 Å². The zero-order valence-electron chi connectivity index (χ0n) is 9.11. The molecule has 0 unspecified atom stereocenters. The molecule has 0 aliphatic heterocycles. The fraction of sp³-hybridized carbons (Fsp3) is 0.273. The van der Waals surface area contributed by atoms with Crippen molar-refractivity contribution in [2.24, 2.45) is 0 Å². The molecule has 2 N–H and O–H groups in total. The zero-order valence-corrected chi connectivity index (χ0v) is 9.11. The first-order valence-corrected chi connectivity index (χ1v) is 4.82. The van der Waals surface area contributed by atoms with Crippen molar-refractivity contribution in [1.29, 1.82) is 0 Å². The summed E-state index contributed by atoms with van der Waals surface area (Å²) >= 11 is 0. The summed E-state index contributed by atoms with van der Waals surface area (Å²) in [6, 6.07) is 1.62. The van der Waals surface area contributed by atoms with Gasteiger partial charge in [0.1, 0.15) is 5.69 Å². The number of hydrogen-bond donors (Lipinski definition) is 2. The smallest absolute Gasteiger partial charge is 0.354 e. The SMILES string of the molecule is CCOC(=O)c1cc(C)c(/C=C/C(=O)O)[nH]1. The summed E-state index contributed by atoms with van der Waals surface area (Å²) in [6.07, 6.45) is 2.41. The first-order chi connectivity index (χ1) is 7.54. The summed E-state index contributed by atoms with van der Waals surface area (Å²) in [5.41, 5.74) is 1.70. The highest BCUT2D eigenvalue weighted by atomic mass is 16.5. The Kier molecular flexibility index (Phi) is 3.88. The van der Waals surface area contributed by atoms with Gasteiger partial charge in [0.15, 0.2) is 0 Å². The van der Waals surface area contributed by atoms with Crippen LogP contribution >= 0.6 is 0 Å². The van der Waals surface area contributed by atoms with Gasteiger partial charge < -0.3 is 14.8 Å². The van der Waals surface area contributed by atoms with Crippen LogP contribution in [0.15, 0.2) is 12.1 Å². The number of carboxylic acid groups (broad SMARTS) is 1. The Morgan fingerprint density at radius 1 is 1.56 bits per heavy atom. The molecule has 86 valence electrons. The number of aromatic nitrogens is 1. The standard InChI is InChI=1S/C11H13NO4/c1-3-16-11(15)9-6-7(2)8(12-9)4-5-10(13)14/h4-6,12H,3H2,1-2H3,(H,13,14)/b5-4+. The number of aliphatic carboxylic acids is 1. The van der Waals surface area contributed by atoms with E-state index in [4.69, 9.17) is 9.84 Å². The number of carbonyl (C=O) groups is 2. The van der Waals surface area contributed by atoms with Crippen molar-refractivity contribution in [2.75, 3.05) is 6.61 Å². The molecule has 0 aliphatic carbocycles. The van der Waals surface area contributed by atoms with Crippen molar-refractivity contribution in [2.45, 2.75) is 13.8 Å². The second-order valence-corrected chi connectivity index (χ2v) is 3.17. The molecular weight excluding hydrogens is 210 g/mol. The molecule has 0 fully saturated rings. The third kappa shape index (κ3) is 2.98. The average Bonchev–Trinajstić information content (AvgIpc) is 2.57. The number of H-pyrrole nitrogens is 1. The van der Waals surface area contributed by atoms with E-state index in [1.54, 1.807) is 19.9 Å². The van der Waals surface area contributed by atoms with E-state index in [-0.39, 0.29) is 0 Å². The van der Waals surface area contributed by atoms with Crippen LogP contribution in [0.3, 0.4) is 0 Å². The van der Waals surface area contributed by atoms with E-state index in [1.165, 1.54) is 6.08 Å². The van der Waals surface area contributed by atoms with E-state index in [2.05, 4.69) is 4.98 Å². The Balaban J connectivity index is 2.89. The lowest BCUT2D eigenvalue weighted by molar-refractivity contribution is -0.131. The zero-order chi connectivity index (χ0) is 12.1. The fourth-order valence-corrected chi connectivity index (χ4v) is 1.22. The number of rotatable bonds is 4. The Hall–Kier alpha value is -2.04. The van der Waals surface area contributed by atoms with Gasteiger partial charge in [0.25, 0.3) is 0 Å². The minimum atomic E-state index is -1.04. The fourth-order valence-electron chi connectivity index (χ4n) is 1.22. The van der Waals surface area contributed by atoms with Gasteiger partial charge >= 0.3 is 11.9 Å². The van der Waals surface area contributed by atoms with Crippen LogP contribution in [0.5, 0.6) is 0 Å². The van der Waals surface area contributed by atoms with Crippen LogP contribution in [0.25, 0.3) is 6.08 Å². The van der Waals surface area contributed by atoms with E-state index >= 15 is 0 Å². The van der Waals surface area contributed by atoms with Crippen molar-refractivity contribution in [3.8, 4) is 0 Å². The van der Waals surface area contributed by atoms with Gasteiger partial charge in [-0.25, -0.2) is 9.59 Å². The van der Waals surface area contributed by atoms with Gasteiger partial charge in [-0.15, -0.1) is 0 Å². The second kappa shape index (κ2) is 5.16. The number of carboxylic acids is 1. The van der Waals surface area contributed by atoms with Crippen molar-refractivity contribution in [3.05, 3.63) is 29.1 Å². The number of hydrogen-bond acceptors (Lipinski definition) is 3. The van der Waals surface area contributed by atoms with Crippen molar-refractivity contribution < 1.29 is 19.4 Å². The van der Waals surface area contributed by atoms with E-state index in [0.29, 0.717) is 18.0 Å². The molecule has 0 saturated heterocycles. The van der Waals surface area contributed by atoms with E-state index in [0.717, 1.165) is 11.6 Å². The second-order valence-electron chi connectivity index (χ2n) is 3.17. The van der Waals surface area contributed by atoms with Gasteiger partial charge in [0.05, 0.1) is 6.61 Å². The lowest BCUT2D eigenvalue weighted by Crippen LogP contribution is -2.04. The summed E-state index contributed by atoms with van der Waals surface area (Å²) < 4.78 is 4.81. The minimum Gasteiger partial charge on any atom is -0.478 e. The number of aromatic amines is 1. The maximum Gasteiger partial charge on any atom is 0.354 e. The quantitative estimate of drug-likeness (QED) is 0.600. The molecular formula is C11H13NO4. The molecule has 0 radical (unpaired) electrons. The highest BCUT2D eigenvalue weighted by Gasteiger charge is 2.10. The molecule has 0 amide bonds. The van der Waals surface area contributed by atoms with Gasteiger partial charge in [0.2, 0.25) is 0 Å². The van der Waals surface area contributed by atoms with Crippen LogP contribution in [0.4, 0.5) is 0 Å². The molecule has 0 saturated carbocycles. The topological polar surface area (TPSA) is 79.4 Å². The van der Waals surface area contributed by atoms with Gasteiger partial charge in [-0.2, -0.15) is 0 Å². The van der Waals surface area contributed by atoms with E-state index in [9.17, 15) is 9.59 Å². The molecule has 16 heavy (non-hydrogen) atoms. The third-order valence-electron chi connectivity index (χ3n) is 1.94. The molecule has 0 aromatic carbocycles. The van der Waals surface area contributed by atoms with E-state index in [1.807, 2.05) is 0 Å². The molecule has 5 nitrogen and oxygen atoms in total. The Bertz CT molecular complexity index is 431. The monoisotopic (exact) mass is 223 g/mol. The molecule has 1 rings (SSSR count). The van der Waals surface area contributed by atoms with Gasteiger partial charge in [-0.1, -0.05) is 0 Å². The molecule has 0 bridgehead atoms. The van der Waals surface area contributed by atoms with Crippen LogP contribution < -0.4 is 0 Å². The highest BCUT2D eigenvalue weighted by molar-refractivity contribution is 5.89. The summed E-state index contributed by atoms with van der Waals surface area (Å²) in [4.78, 5) is 24.5. The Morgan fingerprint density at radius 2 is 2.25 bits per heavy atom. The van der Waals surface area contributed by atoms with Crippen LogP contribution in [0.1, 0.15) is 28.7 Å². The maximum atomic E-state index is 11.4. The van der Waals surface area contributed by atoms with Crippen molar-refractivity contribution in [1.82, 2.24) is 4.98 Å².